The van der Waals surface area contributed by atoms with Gasteiger partial charge in [-0.3, -0.25) is 4.79 Å². The smallest absolute Gasteiger partial charge is 0.343 e. The molecule has 0 saturated carbocycles. The number of ketones is 1. The van der Waals surface area contributed by atoms with E-state index in [9.17, 15) is 14.0 Å². The highest BCUT2D eigenvalue weighted by atomic mass is 35.5. The van der Waals surface area contributed by atoms with E-state index in [1.165, 1.54) is 42.5 Å². The molecule has 7 heteroatoms. The van der Waals surface area contributed by atoms with Crippen LogP contribution in [0.15, 0.2) is 60.4 Å². The van der Waals surface area contributed by atoms with Crippen LogP contribution in [0.4, 0.5) is 4.39 Å². The Bertz CT molecular complexity index is 1220. The second-order valence-corrected chi connectivity index (χ2v) is 7.41. The highest BCUT2D eigenvalue weighted by Crippen LogP contribution is 2.40. The lowest BCUT2D eigenvalue weighted by Gasteiger charge is -2.10. The van der Waals surface area contributed by atoms with Gasteiger partial charge in [0.25, 0.3) is 0 Å². The summed E-state index contributed by atoms with van der Waals surface area (Å²) in [4.78, 5) is 25.0. The summed E-state index contributed by atoms with van der Waals surface area (Å²) in [6.45, 7) is 1.68. The molecule has 1 aliphatic rings. The third kappa shape index (κ3) is 3.82. The van der Waals surface area contributed by atoms with Gasteiger partial charge >= 0.3 is 5.97 Å². The molecule has 3 aromatic carbocycles. The first kappa shape index (κ1) is 20.1. The number of fused-ring (bicyclic) bond motifs is 1. The van der Waals surface area contributed by atoms with Gasteiger partial charge in [0.1, 0.15) is 17.3 Å². The maximum absolute atomic E-state index is 13.0. The van der Waals surface area contributed by atoms with Crippen LogP contribution in [0.1, 0.15) is 31.8 Å². The summed E-state index contributed by atoms with van der Waals surface area (Å²) < 4.78 is 24.2. The summed E-state index contributed by atoms with van der Waals surface area (Å²) in [6.07, 6.45) is 1.53. The molecule has 3 aromatic rings. The van der Waals surface area contributed by atoms with Crippen LogP contribution in [0, 0.1) is 12.7 Å². The van der Waals surface area contributed by atoms with Gasteiger partial charge in [0.2, 0.25) is 5.78 Å². The van der Waals surface area contributed by atoms with Gasteiger partial charge < -0.3 is 9.47 Å². The molecule has 4 rings (SSSR count). The zero-order valence-electron chi connectivity index (χ0n) is 15.5. The first-order valence-corrected chi connectivity index (χ1v) is 9.60. The molecule has 1 aliphatic heterocycles. The van der Waals surface area contributed by atoms with Crippen molar-refractivity contribution in [2.24, 2.45) is 0 Å². The van der Waals surface area contributed by atoms with E-state index in [0.717, 1.165) is 0 Å². The lowest BCUT2D eigenvalue weighted by molar-refractivity contribution is 0.0733. The highest BCUT2D eigenvalue weighted by molar-refractivity contribution is 6.35. The summed E-state index contributed by atoms with van der Waals surface area (Å²) in [5.41, 5.74) is 1.62. The summed E-state index contributed by atoms with van der Waals surface area (Å²) in [6, 6.07) is 13.0. The van der Waals surface area contributed by atoms with Crippen LogP contribution >= 0.6 is 23.2 Å². The Kier molecular flexibility index (Phi) is 5.33. The number of benzene rings is 3. The maximum atomic E-state index is 13.0. The number of carbonyl (C=O) groups excluding carboxylic acids is 2. The molecule has 0 atom stereocenters. The summed E-state index contributed by atoms with van der Waals surface area (Å²) >= 11 is 12.1. The van der Waals surface area contributed by atoms with Crippen molar-refractivity contribution in [1.29, 1.82) is 0 Å². The van der Waals surface area contributed by atoms with E-state index in [-0.39, 0.29) is 22.9 Å². The molecular formula is C23H13Cl2FO4. The third-order valence-corrected chi connectivity index (χ3v) is 5.13. The van der Waals surface area contributed by atoms with Gasteiger partial charge in [-0.15, -0.1) is 0 Å². The SMILES string of the molecule is Cc1c(OC(=O)c2ccc(F)cc2)ccc2c1O/C(=C\c1ccc(Cl)cc1Cl)C2=O. The zero-order valence-corrected chi connectivity index (χ0v) is 17.1. The molecule has 0 N–H and O–H groups in total. The number of halogens is 3. The predicted molar refractivity (Wildman–Crippen MR) is 112 cm³/mol. The second-order valence-electron chi connectivity index (χ2n) is 6.57. The first-order chi connectivity index (χ1) is 14.3. The average molecular weight is 443 g/mol. The zero-order chi connectivity index (χ0) is 21.4. The number of allylic oxidation sites excluding steroid dienone is 1. The van der Waals surface area contributed by atoms with Gasteiger partial charge in [0, 0.05) is 15.6 Å². The minimum absolute atomic E-state index is 0.0966. The van der Waals surface area contributed by atoms with Crippen LogP contribution in [-0.2, 0) is 0 Å². The number of hydrogen-bond acceptors (Lipinski definition) is 4. The number of esters is 1. The van der Waals surface area contributed by atoms with E-state index in [1.807, 2.05) is 0 Å². The fourth-order valence-corrected chi connectivity index (χ4v) is 3.45. The Morgan fingerprint density at radius 1 is 1.07 bits per heavy atom. The van der Waals surface area contributed by atoms with Gasteiger partial charge in [-0.2, -0.15) is 0 Å². The molecule has 1 heterocycles. The summed E-state index contributed by atoms with van der Waals surface area (Å²) in [7, 11) is 0. The lowest BCUT2D eigenvalue weighted by atomic mass is 10.1. The van der Waals surface area contributed by atoms with Crippen LogP contribution in [0.25, 0.3) is 6.08 Å². The molecule has 150 valence electrons. The fraction of sp³-hybridized carbons (Fsp3) is 0.0435. The van der Waals surface area contributed by atoms with Crippen molar-refractivity contribution < 1.29 is 23.5 Å². The summed E-state index contributed by atoms with van der Waals surface area (Å²) in [5, 5.41) is 0.862. The van der Waals surface area contributed by atoms with Crippen LogP contribution in [0.3, 0.4) is 0 Å². The Balaban J connectivity index is 1.62. The van der Waals surface area contributed by atoms with Gasteiger partial charge in [-0.25, -0.2) is 9.18 Å². The summed E-state index contributed by atoms with van der Waals surface area (Å²) in [5.74, 6) is -0.768. The molecule has 0 amide bonds. The molecule has 0 unspecified atom stereocenters. The van der Waals surface area contributed by atoms with Crippen molar-refractivity contribution in [2.75, 3.05) is 0 Å². The van der Waals surface area contributed by atoms with Crippen molar-refractivity contribution >= 4 is 41.0 Å². The van der Waals surface area contributed by atoms with E-state index in [4.69, 9.17) is 32.7 Å². The van der Waals surface area contributed by atoms with E-state index in [1.54, 1.807) is 25.1 Å². The van der Waals surface area contributed by atoms with Crippen molar-refractivity contribution in [3.05, 3.63) is 98.5 Å². The van der Waals surface area contributed by atoms with E-state index in [2.05, 4.69) is 0 Å². The van der Waals surface area contributed by atoms with Crippen LogP contribution in [-0.4, -0.2) is 11.8 Å². The normalized spacial score (nSPS) is 13.9. The van der Waals surface area contributed by atoms with Gasteiger partial charge in [0.05, 0.1) is 11.1 Å². The van der Waals surface area contributed by atoms with Crippen molar-refractivity contribution in [1.82, 2.24) is 0 Å². The number of rotatable bonds is 3. The average Bonchev–Trinajstić information content (AvgIpc) is 3.03. The maximum Gasteiger partial charge on any atom is 0.343 e. The fourth-order valence-electron chi connectivity index (χ4n) is 2.98. The van der Waals surface area contributed by atoms with Gasteiger partial charge in [-0.05, 0) is 67.1 Å². The molecule has 0 aliphatic carbocycles. The molecule has 0 bridgehead atoms. The Morgan fingerprint density at radius 3 is 2.50 bits per heavy atom. The number of carbonyl (C=O) groups is 2. The van der Waals surface area contributed by atoms with E-state index in [0.29, 0.717) is 32.5 Å². The van der Waals surface area contributed by atoms with Crippen LogP contribution in [0.5, 0.6) is 11.5 Å². The Hall–Kier alpha value is -3.15. The topological polar surface area (TPSA) is 52.6 Å². The monoisotopic (exact) mass is 442 g/mol. The van der Waals surface area contributed by atoms with E-state index >= 15 is 0 Å². The molecule has 30 heavy (non-hydrogen) atoms. The molecule has 4 nitrogen and oxygen atoms in total. The number of Topliss-reactive ketones (excluding diaryl/α,β-unsaturated/α-hetero) is 1. The number of ether oxygens (including phenoxy) is 2. The van der Waals surface area contributed by atoms with Crippen LogP contribution in [0.2, 0.25) is 10.0 Å². The minimum Gasteiger partial charge on any atom is -0.452 e. The molecule has 0 aromatic heterocycles. The predicted octanol–water partition coefficient (Wildman–Crippen LogP) is 6.28. The minimum atomic E-state index is -0.647. The number of hydrogen-bond donors (Lipinski definition) is 0. The van der Waals surface area contributed by atoms with Crippen molar-refractivity contribution in [3.63, 3.8) is 0 Å². The largest absolute Gasteiger partial charge is 0.452 e. The van der Waals surface area contributed by atoms with Gasteiger partial charge in [-0.1, -0.05) is 29.3 Å². The third-order valence-electron chi connectivity index (χ3n) is 4.57. The van der Waals surface area contributed by atoms with Crippen LogP contribution < -0.4 is 9.47 Å². The Morgan fingerprint density at radius 2 is 1.80 bits per heavy atom. The molecule has 0 fully saturated rings. The molecule has 0 saturated heterocycles. The second kappa shape index (κ2) is 7.94. The van der Waals surface area contributed by atoms with Crippen molar-refractivity contribution in [2.45, 2.75) is 6.92 Å². The quantitative estimate of drug-likeness (QED) is 0.272. The first-order valence-electron chi connectivity index (χ1n) is 8.84. The van der Waals surface area contributed by atoms with Gasteiger partial charge in [0.15, 0.2) is 5.76 Å². The molecular weight excluding hydrogens is 430 g/mol. The highest BCUT2D eigenvalue weighted by Gasteiger charge is 2.30. The lowest BCUT2D eigenvalue weighted by Crippen LogP contribution is -2.09. The Labute approximate surface area is 181 Å². The van der Waals surface area contributed by atoms with E-state index < -0.39 is 11.8 Å². The molecule has 0 spiro atoms. The molecule has 0 radical (unpaired) electrons. The standard InChI is InChI=1S/C23H13Cl2FO4/c1-12-19(30-23(28)13-3-6-16(26)7-4-13)9-8-17-21(27)20(29-22(12)17)10-14-2-5-15(24)11-18(14)25/h2-11H,1H3/b20-10-. The van der Waals surface area contributed by atoms with Crippen molar-refractivity contribution in [3.8, 4) is 11.5 Å².